The second-order valence-electron chi connectivity index (χ2n) is 5.44. The lowest BCUT2D eigenvalue weighted by atomic mass is 10.2. The SMILES string of the molecule is CC(O)CN(C(=O)CCNc1ccccc1[N+](=O)[O-])C(C)C. The number of carbonyl (C=O) groups excluding carboxylic acids is 1. The van der Waals surface area contributed by atoms with Crippen molar-refractivity contribution in [1.29, 1.82) is 0 Å². The molecule has 0 radical (unpaired) electrons. The van der Waals surface area contributed by atoms with E-state index < -0.39 is 11.0 Å². The van der Waals surface area contributed by atoms with Gasteiger partial charge in [-0.2, -0.15) is 0 Å². The molecule has 0 saturated heterocycles. The van der Waals surface area contributed by atoms with Crippen molar-refractivity contribution in [3.63, 3.8) is 0 Å². The minimum absolute atomic E-state index is 0.00633. The number of aliphatic hydroxyl groups is 1. The second-order valence-corrected chi connectivity index (χ2v) is 5.44. The van der Waals surface area contributed by atoms with Crippen molar-refractivity contribution in [2.45, 2.75) is 39.3 Å². The van der Waals surface area contributed by atoms with E-state index in [4.69, 9.17) is 0 Å². The van der Waals surface area contributed by atoms with Crippen LogP contribution in [0.3, 0.4) is 0 Å². The maximum atomic E-state index is 12.2. The van der Waals surface area contributed by atoms with Gasteiger partial charge in [0.05, 0.1) is 11.0 Å². The van der Waals surface area contributed by atoms with Crippen molar-refractivity contribution < 1.29 is 14.8 Å². The van der Waals surface area contributed by atoms with Crippen LogP contribution in [0.1, 0.15) is 27.2 Å². The number of amides is 1. The maximum absolute atomic E-state index is 12.2. The monoisotopic (exact) mass is 309 g/mol. The lowest BCUT2D eigenvalue weighted by molar-refractivity contribution is -0.384. The quantitative estimate of drug-likeness (QED) is 0.566. The molecule has 1 aromatic carbocycles. The summed E-state index contributed by atoms with van der Waals surface area (Å²) >= 11 is 0. The predicted molar refractivity (Wildman–Crippen MR) is 84.7 cm³/mol. The third-order valence-electron chi connectivity index (χ3n) is 3.16. The summed E-state index contributed by atoms with van der Waals surface area (Å²) in [6.07, 6.45) is -0.383. The van der Waals surface area contributed by atoms with Gasteiger partial charge in [0.2, 0.25) is 5.91 Å². The van der Waals surface area contributed by atoms with Gasteiger partial charge in [0, 0.05) is 31.6 Å². The van der Waals surface area contributed by atoms with E-state index >= 15 is 0 Å². The number of nitrogens with zero attached hydrogens (tertiary/aromatic N) is 2. The Hall–Kier alpha value is -2.15. The third-order valence-corrected chi connectivity index (χ3v) is 3.16. The number of rotatable bonds is 8. The normalized spacial score (nSPS) is 12.0. The number of nitro benzene ring substituents is 1. The number of nitro groups is 1. The molecule has 1 unspecified atom stereocenters. The molecule has 0 aromatic heterocycles. The topological polar surface area (TPSA) is 95.7 Å². The van der Waals surface area contributed by atoms with E-state index in [0.29, 0.717) is 12.2 Å². The van der Waals surface area contributed by atoms with Crippen molar-refractivity contribution in [3.05, 3.63) is 34.4 Å². The predicted octanol–water partition coefficient (Wildman–Crippen LogP) is 2.01. The molecule has 0 aliphatic rings. The number of anilines is 1. The van der Waals surface area contributed by atoms with Crippen LogP contribution >= 0.6 is 0 Å². The van der Waals surface area contributed by atoms with Gasteiger partial charge in [-0.25, -0.2) is 0 Å². The van der Waals surface area contributed by atoms with Crippen LogP contribution in [-0.2, 0) is 4.79 Å². The van der Waals surface area contributed by atoms with Crippen molar-refractivity contribution in [2.75, 3.05) is 18.4 Å². The highest BCUT2D eigenvalue weighted by molar-refractivity contribution is 5.77. The molecule has 7 heteroatoms. The minimum Gasteiger partial charge on any atom is -0.392 e. The van der Waals surface area contributed by atoms with E-state index in [0.717, 1.165) is 0 Å². The molecule has 0 fully saturated rings. The van der Waals surface area contributed by atoms with Gasteiger partial charge in [-0.15, -0.1) is 0 Å². The van der Waals surface area contributed by atoms with Gasteiger partial charge < -0.3 is 15.3 Å². The molecule has 122 valence electrons. The maximum Gasteiger partial charge on any atom is 0.292 e. The molecule has 1 amide bonds. The first-order valence-electron chi connectivity index (χ1n) is 7.27. The van der Waals surface area contributed by atoms with Crippen molar-refractivity contribution >= 4 is 17.3 Å². The highest BCUT2D eigenvalue weighted by Crippen LogP contribution is 2.22. The summed E-state index contributed by atoms with van der Waals surface area (Å²) in [6, 6.07) is 6.31. The Morgan fingerprint density at radius 3 is 2.55 bits per heavy atom. The molecule has 2 N–H and O–H groups in total. The minimum atomic E-state index is -0.588. The number of aliphatic hydroxyl groups excluding tert-OH is 1. The Morgan fingerprint density at radius 1 is 1.36 bits per heavy atom. The standard InChI is InChI=1S/C15H23N3O4/c1-11(2)17(10-12(3)19)15(20)8-9-16-13-6-4-5-7-14(13)18(21)22/h4-7,11-12,16,19H,8-10H2,1-3H3. The lowest BCUT2D eigenvalue weighted by Crippen LogP contribution is -2.41. The molecule has 0 saturated carbocycles. The molecule has 0 aliphatic heterocycles. The second kappa shape index (κ2) is 8.33. The molecule has 0 spiro atoms. The van der Waals surface area contributed by atoms with Crippen LogP contribution in [0.5, 0.6) is 0 Å². The first-order valence-corrected chi connectivity index (χ1v) is 7.27. The molecule has 1 aromatic rings. The third kappa shape index (κ3) is 5.33. The van der Waals surface area contributed by atoms with Crippen LogP contribution in [0.15, 0.2) is 24.3 Å². The number of benzene rings is 1. The molecule has 7 nitrogen and oxygen atoms in total. The zero-order chi connectivity index (χ0) is 16.7. The van der Waals surface area contributed by atoms with Gasteiger partial charge in [-0.1, -0.05) is 12.1 Å². The highest BCUT2D eigenvalue weighted by atomic mass is 16.6. The average Bonchev–Trinajstić information content (AvgIpc) is 2.44. The fourth-order valence-corrected chi connectivity index (χ4v) is 2.12. The van der Waals surface area contributed by atoms with Crippen LogP contribution < -0.4 is 5.32 Å². The van der Waals surface area contributed by atoms with Crippen molar-refractivity contribution in [2.24, 2.45) is 0 Å². The largest absolute Gasteiger partial charge is 0.392 e. The number of hydrogen-bond acceptors (Lipinski definition) is 5. The fourth-order valence-electron chi connectivity index (χ4n) is 2.12. The van der Waals surface area contributed by atoms with Crippen LogP contribution in [0.25, 0.3) is 0 Å². The molecular weight excluding hydrogens is 286 g/mol. The number of para-hydroxylation sites is 2. The van der Waals surface area contributed by atoms with E-state index in [-0.39, 0.29) is 30.6 Å². The Labute approximate surface area is 130 Å². The van der Waals surface area contributed by atoms with Gasteiger partial charge in [0.1, 0.15) is 5.69 Å². The van der Waals surface area contributed by atoms with E-state index in [9.17, 15) is 20.0 Å². The molecule has 0 aliphatic carbocycles. The van der Waals surface area contributed by atoms with Crippen LogP contribution in [-0.4, -0.2) is 46.1 Å². The fraction of sp³-hybridized carbons (Fsp3) is 0.533. The van der Waals surface area contributed by atoms with E-state index in [1.807, 2.05) is 13.8 Å². The Bertz CT molecular complexity index is 517. The smallest absolute Gasteiger partial charge is 0.292 e. The van der Waals surface area contributed by atoms with Gasteiger partial charge in [0.25, 0.3) is 5.69 Å². The summed E-state index contributed by atoms with van der Waals surface area (Å²) in [5, 5.41) is 23.3. The van der Waals surface area contributed by atoms with Crippen LogP contribution in [0.4, 0.5) is 11.4 Å². The molecular formula is C15H23N3O4. The van der Waals surface area contributed by atoms with E-state index in [2.05, 4.69) is 5.32 Å². The number of nitrogens with one attached hydrogen (secondary N) is 1. The zero-order valence-corrected chi connectivity index (χ0v) is 13.2. The molecule has 1 rings (SSSR count). The summed E-state index contributed by atoms with van der Waals surface area (Å²) in [7, 11) is 0. The molecule has 22 heavy (non-hydrogen) atoms. The van der Waals surface area contributed by atoms with E-state index in [1.165, 1.54) is 6.07 Å². The summed E-state index contributed by atoms with van der Waals surface area (Å²) in [5.74, 6) is -0.0954. The molecule has 1 atom stereocenters. The summed E-state index contributed by atoms with van der Waals surface area (Å²) in [4.78, 5) is 24.2. The van der Waals surface area contributed by atoms with Crippen LogP contribution in [0, 0.1) is 10.1 Å². The van der Waals surface area contributed by atoms with Crippen LogP contribution in [0.2, 0.25) is 0 Å². The molecule has 0 heterocycles. The highest BCUT2D eigenvalue weighted by Gasteiger charge is 2.19. The summed E-state index contributed by atoms with van der Waals surface area (Å²) < 4.78 is 0. The van der Waals surface area contributed by atoms with Gasteiger partial charge in [-0.3, -0.25) is 14.9 Å². The summed E-state index contributed by atoms with van der Waals surface area (Å²) in [5.41, 5.74) is 0.381. The zero-order valence-electron chi connectivity index (χ0n) is 13.2. The van der Waals surface area contributed by atoms with Gasteiger partial charge in [0.15, 0.2) is 0 Å². The number of hydrogen-bond donors (Lipinski definition) is 2. The Morgan fingerprint density at radius 2 is 2.00 bits per heavy atom. The lowest BCUT2D eigenvalue weighted by Gasteiger charge is -2.28. The summed E-state index contributed by atoms with van der Waals surface area (Å²) in [6.45, 7) is 5.98. The van der Waals surface area contributed by atoms with Gasteiger partial charge >= 0.3 is 0 Å². The number of carbonyl (C=O) groups is 1. The molecule has 0 bridgehead atoms. The Kier molecular flexibility index (Phi) is 6.78. The Balaban J connectivity index is 2.59. The van der Waals surface area contributed by atoms with E-state index in [1.54, 1.807) is 30.0 Å². The van der Waals surface area contributed by atoms with Gasteiger partial charge in [-0.05, 0) is 26.8 Å². The van der Waals surface area contributed by atoms with Crippen molar-refractivity contribution in [3.8, 4) is 0 Å². The first kappa shape index (κ1) is 17.9. The average molecular weight is 309 g/mol. The van der Waals surface area contributed by atoms with Crippen molar-refractivity contribution in [1.82, 2.24) is 4.90 Å². The first-order chi connectivity index (χ1) is 10.3.